The predicted octanol–water partition coefficient (Wildman–Crippen LogP) is -2.05. The smallest absolute Gasteiger partial charge is 0.224 e. The molecule has 6 nitrogen and oxygen atoms in total. The van der Waals surface area contributed by atoms with Crippen LogP contribution in [0.2, 0.25) is 0 Å². The Kier molecular flexibility index (Phi) is 4.04. The molecule has 0 radical (unpaired) electrons. The van der Waals surface area contributed by atoms with Crippen molar-refractivity contribution >= 4 is 5.91 Å². The van der Waals surface area contributed by atoms with Gasteiger partial charge >= 0.3 is 0 Å². The number of aliphatic hydroxyl groups excluding tert-OH is 3. The third kappa shape index (κ3) is 2.88. The molecule has 0 aromatic rings. The quantitative estimate of drug-likeness (QED) is 0.497. The summed E-state index contributed by atoms with van der Waals surface area (Å²) in [4.78, 5) is 12.7. The topological polar surface area (TPSA) is 90.2 Å². The van der Waals surface area contributed by atoms with Crippen molar-refractivity contribution in [2.24, 2.45) is 0 Å². The van der Waals surface area contributed by atoms with Crippen LogP contribution in [-0.4, -0.2) is 71.2 Å². The van der Waals surface area contributed by atoms with E-state index < -0.39 is 24.4 Å². The van der Waals surface area contributed by atoms with E-state index in [0.29, 0.717) is 0 Å². The molecule has 0 aliphatic carbocycles. The van der Waals surface area contributed by atoms with E-state index in [4.69, 9.17) is 4.74 Å². The van der Waals surface area contributed by atoms with Gasteiger partial charge in [0, 0.05) is 14.1 Å². The van der Waals surface area contributed by atoms with Gasteiger partial charge in [-0.3, -0.25) is 4.79 Å². The van der Waals surface area contributed by atoms with Crippen LogP contribution in [0, 0.1) is 0 Å². The van der Waals surface area contributed by atoms with E-state index in [1.807, 2.05) is 0 Å². The van der Waals surface area contributed by atoms with Gasteiger partial charge in [0.15, 0.2) is 0 Å². The number of rotatable bonds is 2. The normalized spacial score (nSPS) is 36.3. The molecular weight excluding hydrogens is 202 g/mol. The number of aliphatic hydroxyl groups is 3. The number of hydrogen-bond acceptors (Lipinski definition) is 5. The monoisotopic (exact) mass is 219 g/mol. The summed E-state index contributed by atoms with van der Waals surface area (Å²) in [7, 11) is 3.20. The summed E-state index contributed by atoms with van der Waals surface area (Å²) >= 11 is 0. The molecule has 1 aliphatic rings. The summed E-state index contributed by atoms with van der Waals surface area (Å²) in [5, 5.41) is 28.1. The minimum absolute atomic E-state index is 0.00204. The average molecular weight is 219 g/mol. The highest BCUT2D eigenvalue weighted by molar-refractivity contribution is 5.76. The molecule has 4 atom stereocenters. The van der Waals surface area contributed by atoms with Crippen LogP contribution in [0.4, 0.5) is 0 Å². The molecular formula is C9H17NO5. The summed E-state index contributed by atoms with van der Waals surface area (Å²) in [6, 6.07) is 0. The molecule has 0 aromatic heterocycles. The molecule has 15 heavy (non-hydrogen) atoms. The number of carbonyl (C=O) groups excluding carboxylic acids is 1. The Balaban J connectivity index is 2.53. The first-order chi connectivity index (χ1) is 6.93. The zero-order chi connectivity index (χ0) is 11.6. The number of nitrogens with zero attached hydrogens (tertiary/aromatic N) is 1. The van der Waals surface area contributed by atoms with Crippen LogP contribution in [0.15, 0.2) is 0 Å². The van der Waals surface area contributed by atoms with Gasteiger partial charge in [-0.1, -0.05) is 0 Å². The van der Waals surface area contributed by atoms with Crippen LogP contribution in [-0.2, 0) is 9.53 Å². The van der Waals surface area contributed by atoms with E-state index >= 15 is 0 Å². The van der Waals surface area contributed by atoms with Gasteiger partial charge in [-0.05, 0) is 0 Å². The zero-order valence-electron chi connectivity index (χ0n) is 8.83. The molecule has 1 fully saturated rings. The first kappa shape index (κ1) is 12.4. The van der Waals surface area contributed by atoms with Crippen molar-refractivity contribution in [2.45, 2.75) is 30.8 Å². The number of hydrogen-bond donors (Lipinski definition) is 3. The van der Waals surface area contributed by atoms with Gasteiger partial charge in [-0.25, -0.2) is 0 Å². The van der Waals surface area contributed by atoms with Crippen molar-refractivity contribution in [3.63, 3.8) is 0 Å². The summed E-state index contributed by atoms with van der Waals surface area (Å²) in [6.07, 6.45) is -4.32. The average Bonchev–Trinajstić information content (AvgIpc) is 2.18. The molecule has 1 heterocycles. The van der Waals surface area contributed by atoms with Crippen molar-refractivity contribution in [1.82, 2.24) is 4.90 Å². The van der Waals surface area contributed by atoms with Gasteiger partial charge in [0.1, 0.15) is 18.3 Å². The van der Waals surface area contributed by atoms with E-state index in [1.165, 1.54) is 4.90 Å². The fraction of sp³-hybridized carbons (Fsp3) is 0.889. The Bertz CT molecular complexity index is 233. The maximum atomic E-state index is 11.3. The first-order valence-electron chi connectivity index (χ1n) is 4.79. The second-order valence-electron chi connectivity index (χ2n) is 3.91. The Labute approximate surface area is 88.1 Å². The third-order valence-electron chi connectivity index (χ3n) is 2.48. The van der Waals surface area contributed by atoms with Crippen LogP contribution in [0.25, 0.3) is 0 Å². The number of ether oxygens (including phenoxy) is 1. The fourth-order valence-corrected chi connectivity index (χ4v) is 1.40. The van der Waals surface area contributed by atoms with Crippen molar-refractivity contribution in [3.05, 3.63) is 0 Å². The maximum Gasteiger partial charge on any atom is 0.224 e. The lowest BCUT2D eigenvalue weighted by Crippen LogP contribution is -2.53. The van der Waals surface area contributed by atoms with Gasteiger partial charge in [-0.2, -0.15) is 0 Å². The van der Waals surface area contributed by atoms with Crippen LogP contribution in [0.3, 0.4) is 0 Å². The Hall–Kier alpha value is -0.690. The van der Waals surface area contributed by atoms with Crippen LogP contribution < -0.4 is 0 Å². The molecule has 2 unspecified atom stereocenters. The predicted molar refractivity (Wildman–Crippen MR) is 51.1 cm³/mol. The summed E-state index contributed by atoms with van der Waals surface area (Å²) in [5.74, 6) is -0.192. The van der Waals surface area contributed by atoms with E-state index in [2.05, 4.69) is 0 Å². The standard InChI is InChI=1S/C9H17NO5/c1-10(2)7(12)3-6-9(14)8(13)5(11)4-15-6/h5-6,8-9,11,13-14H,3-4H2,1-2H3/t5-,6?,8?,9+/m1/s1. The molecule has 0 aromatic carbocycles. The molecule has 1 amide bonds. The van der Waals surface area contributed by atoms with E-state index in [1.54, 1.807) is 14.1 Å². The first-order valence-corrected chi connectivity index (χ1v) is 4.79. The number of carbonyl (C=O) groups is 1. The summed E-state index contributed by atoms with van der Waals surface area (Å²) in [5.41, 5.74) is 0. The largest absolute Gasteiger partial charge is 0.388 e. The third-order valence-corrected chi connectivity index (χ3v) is 2.48. The van der Waals surface area contributed by atoms with Gasteiger partial charge in [0.2, 0.25) is 5.91 Å². The lowest BCUT2D eigenvalue weighted by atomic mass is 9.98. The minimum Gasteiger partial charge on any atom is -0.388 e. The lowest BCUT2D eigenvalue weighted by Gasteiger charge is -2.35. The van der Waals surface area contributed by atoms with Crippen molar-refractivity contribution in [1.29, 1.82) is 0 Å². The molecule has 6 heteroatoms. The van der Waals surface area contributed by atoms with Gasteiger partial charge in [0.25, 0.3) is 0 Å². The fourth-order valence-electron chi connectivity index (χ4n) is 1.40. The van der Waals surface area contributed by atoms with E-state index in [0.717, 1.165) is 0 Å². The van der Waals surface area contributed by atoms with Crippen LogP contribution in [0.5, 0.6) is 0 Å². The van der Waals surface area contributed by atoms with Gasteiger partial charge < -0.3 is 25.0 Å². The zero-order valence-corrected chi connectivity index (χ0v) is 8.83. The van der Waals surface area contributed by atoms with Crippen LogP contribution in [0.1, 0.15) is 6.42 Å². The second-order valence-corrected chi connectivity index (χ2v) is 3.91. The van der Waals surface area contributed by atoms with Crippen molar-refractivity contribution < 1.29 is 24.9 Å². The highest BCUT2D eigenvalue weighted by Gasteiger charge is 2.38. The molecule has 1 rings (SSSR count). The Morgan fingerprint density at radius 3 is 2.47 bits per heavy atom. The van der Waals surface area contributed by atoms with Crippen molar-refractivity contribution in [2.75, 3.05) is 20.7 Å². The Morgan fingerprint density at radius 1 is 1.33 bits per heavy atom. The minimum atomic E-state index is -1.25. The van der Waals surface area contributed by atoms with Gasteiger partial charge in [-0.15, -0.1) is 0 Å². The molecule has 3 N–H and O–H groups in total. The molecule has 0 spiro atoms. The molecule has 1 saturated heterocycles. The Morgan fingerprint density at radius 2 is 1.93 bits per heavy atom. The lowest BCUT2D eigenvalue weighted by molar-refractivity contribution is -0.190. The molecule has 88 valence electrons. The second kappa shape index (κ2) is 4.89. The highest BCUT2D eigenvalue weighted by Crippen LogP contribution is 2.18. The van der Waals surface area contributed by atoms with E-state index in [9.17, 15) is 20.1 Å². The summed E-state index contributed by atoms with van der Waals surface area (Å²) in [6.45, 7) is -0.0659. The molecule has 0 saturated carbocycles. The SMILES string of the molecule is CN(C)C(=O)CC1OC[C@@H](O)C(O)[C@H]1O. The molecule has 1 aliphatic heterocycles. The highest BCUT2D eigenvalue weighted by atomic mass is 16.5. The maximum absolute atomic E-state index is 11.3. The summed E-state index contributed by atoms with van der Waals surface area (Å²) < 4.78 is 5.09. The van der Waals surface area contributed by atoms with Crippen molar-refractivity contribution in [3.8, 4) is 0 Å². The van der Waals surface area contributed by atoms with Gasteiger partial charge in [0.05, 0.1) is 19.1 Å². The number of amides is 1. The molecule has 0 bridgehead atoms. The van der Waals surface area contributed by atoms with Crippen LogP contribution >= 0.6 is 0 Å². The van der Waals surface area contributed by atoms with E-state index in [-0.39, 0.29) is 18.9 Å².